The van der Waals surface area contributed by atoms with Gasteiger partial charge in [0, 0.05) is 38.9 Å². The zero-order valence-corrected chi connectivity index (χ0v) is 12.8. The number of hydrogen-bond acceptors (Lipinski definition) is 4. The van der Waals surface area contributed by atoms with E-state index in [1.54, 1.807) is 11.9 Å². The highest BCUT2D eigenvalue weighted by atomic mass is 32.1. The van der Waals surface area contributed by atoms with Crippen LogP contribution in [0.4, 0.5) is 0 Å². The summed E-state index contributed by atoms with van der Waals surface area (Å²) in [7, 11) is 1.76. The molecule has 0 aliphatic carbocycles. The second kappa shape index (κ2) is 8.16. The minimum Gasteiger partial charge on any atom is -0.393 e. The van der Waals surface area contributed by atoms with Gasteiger partial charge in [-0.05, 0) is 25.9 Å². The molecule has 4 N–H and O–H groups in total. The third kappa shape index (κ3) is 5.83. The van der Waals surface area contributed by atoms with Crippen LogP contribution < -0.4 is 11.5 Å². The van der Waals surface area contributed by atoms with E-state index in [0.717, 1.165) is 32.5 Å². The molecular weight excluding hydrogens is 276 g/mol. The van der Waals surface area contributed by atoms with Gasteiger partial charge in [-0.15, -0.1) is 0 Å². The molecule has 0 atom stereocenters. The van der Waals surface area contributed by atoms with E-state index < -0.39 is 0 Å². The van der Waals surface area contributed by atoms with Crippen LogP contribution in [0.15, 0.2) is 0 Å². The molecular formula is C13H24N4O2S. The van der Waals surface area contributed by atoms with Gasteiger partial charge in [0.25, 0.3) is 0 Å². The SMILES string of the molecule is CN(CCC(N)=S)C(=O)CCN1CCC(C(N)=O)CC1. The summed E-state index contributed by atoms with van der Waals surface area (Å²) in [6, 6.07) is 0. The number of primary amides is 1. The molecule has 7 heteroatoms. The average molecular weight is 300 g/mol. The lowest BCUT2D eigenvalue weighted by molar-refractivity contribution is -0.130. The molecule has 1 aliphatic rings. The number of hydrogen-bond donors (Lipinski definition) is 2. The predicted molar refractivity (Wildman–Crippen MR) is 82.0 cm³/mol. The second-order valence-electron chi connectivity index (χ2n) is 5.30. The Morgan fingerprint density at radius 1 is 1.25 bits per heavy atom. The van der Waals surface area contributed by atoms with Crippen molar-refractivity contribution in [1.29, 1.82) is 0 Å². The van der Waals surface area contributed by atoms with Crippen LogP contribution in [-0.4, -0.2) is 59.8 Å². The van der Waals surface area contributed by atoms with Gasteiger partial charge in [0.15, 0.2) is 0 Å². The molecule has 0 aromatic rings. The van der Waals surface area contributed by atoms with Gasteiger partial charge in [-0.25, -0.2) is 0 Å². The highest BCUT2D eigenvalue weighted by Gasteiger charge is 2.23. The summed E-state index contributed by atoms with van der Waals surface area (Å²) in [4.78, 5) is 27.3. The Hall–Kier alpha value is -1.21. The number of amides is 2. The van der Waals surface area contributed by atoms with Crippen molar-refractivity contribution in [2.45, 2.75) is 25.7 Å². The van der Waals surface area contributed by atoms with Crippen LogP contribution in [0.3, 0.4) is 0 Å². The third-order valence-electron chi connectivity index (χ3n) is 3.75. The summed E-state index contributed by atoms with van der Waals surface area (Å²) in [5, 5.41) is 0. The summed E-state index contributed by atoms with van der Waals surface area (Å²) >= 11 is 4.79. The Balaban J connectivity index is 2.21. The van der Waals surface area contributed by atoms with Crippen LogP contribution in [0.5, 0.6) is 0 Å². The maximum absolute atomic E-state index is 11.9. The van der Waals surface area contributed by atoms with Crippen molar-refractivity contribution in [3.8, 4) is 0 Å². The lowest BCUT2D eigenvalue weighted by Gasteiger charge is -2.30. The largest absolute Gasteiger partial charge is 0.393 e. The highest BCUT2D eigenvalue weighted by Crippen LogP contribution is 2.16. The normalized spacial score (nSPS) is 16.9. The smallest absolute Gasteiger partial charge is 0.223 e. The van der Waals surface area contributed by atoms with Crippen LogP contribution in [0.1, 0.15) is 25.7 Å². The lowest BCUT2D eigenvalue weighted by Crippen LogP contribution is -2.40. The fourth-order valence-corrected chi connectivity index (χ4v) is 2.38. The van der Waals surface area contributed by atoms with E-state index in [1.165, 1.54) is 0 Å². The molecule has 1 saturated heterocycles. The Bertz CT molecular complexity index is 367. The zero-order valence-electron chi connectivity index (χ0n) is 12.0. The van der Waals surface area contributed by atoms with Crippen molar-refractivity contribution >= 4 is 29.0 Å². The molecule has 0 bridgehead atoms. The topological polar surface area (TPSA) is 92.7 Å². The van der Waals surface area contributed by atoms with Crippen molar-refractivity contribution < 1.29 is 9.59 Å². The molecule has 0 aromatic carbocycles. The Morgan fingerprint density at radius 3 is 2.35 bits per heavy atom. The Labute approximate surface area is 125 Å². The van der Waals surface area contributed by atoms with E-state index in [-0.39, 0.29) is 17.7 Å². The first kappa shape index (κ1) is 16.8. The number of piperidine rings is 1. The molecule has 2 amide bonds. The zero-order chi connectivity index (χ0) is 15.1. The first-order chi connectivity index (χ1) is 9.40. The van der Waals surface area contributed by atoms with Gasteiger partial charge in [-0.1, -0.05) is 12.2 Å². The van der Waals surface area contributed by atoms with Gasteiger partial charge >= 0.3 is 0 Å². The number of thiocarbonyl (C=S) groups is 1. The summed E-state index contributed by atoms with van der Waals surface area (Å²) in [5.41, 5.74) is 10.7. The number of carbonyl (C=O) groups excluding carboxylic acids is 2. The van der Waals surface area contributed by atoms with Gasteiger partial charge in [0.2, 0.25) is 11.8 Å². The number of rotatable bonds is 7. The second-order valence-corrected chi connectivity index (χ2v) is 5.82. The monoisotopic (exact) mass is 300 g/mol. The quantitative estimate of drug-likeness (QED) is 0.630. The minimum absolute atomic E-state index is 0.00445. The van der Waals surface area contributed by atoms with Crippen LogP contribution in [0, 0.1) is 5.92 Å². The van der Waals surface area contributed by atoms with Crippen LogP contribution in [-0.2, 0) is 9.59 Å². The Morgan fingerprint density at radius 2 is 1.85 bits per heavy atom. The van der Waals surface area contributed by atoms with Crippen LogP contribution >= 0.6 is 12.2 Å². The van der Waals surface area contributed by atoms with E-state index >= 15 is 0 Å². The van der Waals surface area contributed by atoms with Crippen LogP contribution in [0.25, 0.3) is 0 Å². The molecule has 1 fully saturated rings. The predicted octanol–water partition coefficient (Wildman–Crippen LogP) is -0.292. The fraction of sp³-hybridized carbons (Fsp3) is 0.769. The Kier molecular flexibility index (Phi) is 6.87. The van der Waals surface area contributed by atoms with Crippen LogP contribution in [0.2, 0.25) is 0 Å². The van der Waals surface area contributed by atoms with E-state index in [9.17, 15) is 9.59 Å². The van der Waals surface area contributed by atoms with E-state index in [0.29, 0.717) is 24.4 Å². The van der Waals surface area contributed by atoms with Gasteiger partial charge in [0.1, 0.15) is 0 Å². The van der Waals surface area contributed by atoms with Crippen molar-refractivity contribution in [2.24, 2.45) is 17.4 Å². The molecule has 20 heavy (non-hydrogen) atoms. The highest BCUT2D eigenvalue weighted by molar-refractivity contribution is 7.80. The maximum Gasteiger partial charge on any atom is 0.223 e. The van der Waals surface area contributed by atoms with Crippen molar-refractivity contribution in [2.75, 3.05) is 33.2 Å². The third-order valence-corrected chi connectivity index (χ3v) is 3.96. The van der Waals surface area contributed by atoms with Crippen molar-refractivity contribution in [1.82, 2.24) is 9.80 Å². The minimum atomic E-state index is -0.210. The summed E-state index contributed by atoms with van der Waals surface area (Å²) in [5.74, 6) is -0.119. The molecule has 0 spiro atoms. The number of likely N-dealkylation sites (tertiary alicyclic amines) is 1. The average Bonchev–Trinajstić information content (AvgIpc) is 2.42. The standard InChI is InChI=1S/C13H24N4O2S/c1-16(6-4-11(14)20)12(18)5-9-17-7-2-10(3-8-17)13(15)19/h10H,2-9H2,1H3,(H2,14,20)(H2,15,19). The van der Waals surface area contributed by atoms with E-state index in [1.807, 2.05) is 0 Å². The molecule has 114 valence electrons. The van der Waals surface area contributed by atoms with Crippen molar-refractivity contribution in [3.05, 3.63) is 0 Å². The summed E-state index contributed by atoms with van der Waals surface area (Å²) < 4.78 is 0. The summed E-state index contributed by atoms with van der Waals surface area (Å²) in [6.07, 6.45) is 2.62. The van der Waals surface area contributed by atoms with E-state index in [2.05, 4.69) is 4.90 Å². The van der Waals surface area contributed by atoms with Gasteiger partial charge in [-0.2, -0.15) is 0 Å². The molecule has 6 nitrogen and oxygen atoms in total. The summed E-state index contributed by atoms with van der Waals surface area (Å²) in [6.45, 7) is 2.95. The lowest BCUT2D eigenvalue weighted by atomic mass is 9.96. The van der Waals surface area contributed by atoms with E-state index in [4.69, 9.17) is 23.7 Å². The maximum atomic E-state index is 11.9. The molecule has 1 heterocycles. The number of nitrogens with two attached hydrogens (primary N) is 2. The molecule has 1 rings (SSSR count). The number of carbonyl (C=O) groups is 2. The van der Waals surface area contributed by atoms with Gasteiger partial charge in [0.05, 0.1) is 4.99 Å². The van der Waals surface area contributed by atoms with Gasteiger partial charge in [-0.3, -0.25) is 9.59 Å². The first-order valence-corrected chi connectivity index (χ1v) is 7.35. The molecule has 0 aromatic heterocycles. The van der Waals surface area contributed by atoms with Gasteiger partial charge < -0.3 is 21.3 Å². The molecule has 0 saturated carbocycles. The van der Waals surface area contributed by atoms with Crippen molar-refractivity contribution in [3.63, 3.8) is 0 Å². The number of nitrogens with zero attached hydrogens (tertiary/aromatic N) is 2. The molecule has 1 aliphatic heterocycles. The fourth-order valence-electron chi connectivity index (χ4n) is 2.29. The molecule has 0 radical (unpaired) electrons. The molecule has 0 unspecified atom stereocenters. The first-order valence-electron chi connectivity index (χ1n) is 6.94.